The summed E-state index contributed by atoms with van der Waals surface area (Å²) in [5.74, 6) is -0.383. The van der Waals surface area contributed by atoms with E-state index in [9.17, 15) is 14.0 Å². The second kappa shape index (κ2) is 9.43. The number of hydrogen-bond donors (Lipinski definition) is 2. The first-order valence-electron chi connectivity index (χ1n) is 9.33. The lowest BCUT2D eigenvalue weighted by molar-refractivity contribution is 0.0959. The van der Waals surface area contributed by atoms with Gasteiger partial charge in [0.25, 0.3) is 0 Å². The van der Waals surface area contributed by atoms with E-state index in [1.165, 1.54) is 6.07 Å². The van der Waals surface area contributed by atoms with Crippen molar-refractivity contribution >= 4 is 23.5 Å². The first kappa shape index (κ1) is 20.8. The van der Waals surface area contributed by atoms with E-state index in [2.05, 4.69) is 10.6 Å². The van der Waals surface area contributed by atoms with Crippen molar-refractivity contribution < 1.29 is 18.7 Å². The van der Waals surface area contributed by atoms with Gasteiger partial charge in [-0.3, -0.25) is 0 Å². The lowest BCUT2D eigenvalue weighted by Crippen LogP contribution is -2.47. The number of rotatable bonds is 5. The average Bonchev–Trinajstić information content (AvgIpc) is 2.62. The van der Waals surface area contributed by atoms with Gasteiger partial charge in [0.1, 0.15) is 5.82 Å². The van der Waals surface area contributed by atoms with Crippen LogP contribution in [0.15, 0.2) is 18.2 Å². The molecule has 7 nitrogen and oxygen atoms in total. The van der Waals surface area contributed by atoms with Gasteiger partial charge in [0.2, 0.25) is 0 Å². The third-order valence-electron chi connectivity index (χ3n) is 4.72. The molecule has 0 aliphatic carbocycles. The number of piperidine rings is 1. The first-order chi connectivity index (χ1) is 12.8. The van der Waals surface area contributed by atoms with Gasteiger partial charge in [-0.2, -0.15) is 0 Å². The Morgan fingerprint density at radius 1 is 1.33 bits per heavy atom. The highest BCUT2D eigenvalue weighted by Crippen LogP contribution is 2.23. The zero-order valence-electron chi connectivity index (χ0n) is 16.4. The molecule has 0 unspecified atom stereocenters. The SMILES string of the molecule is CCOC(=O)N1CCC(NC(=O)Nc2ccc(N(C)C(C)C)c(F)c2)CC1. The van der Waals surface area contributed by atoms with Crippen molar-refractivity contribution in [2.45, 2.75) is 45.7 Å². The number of nitrogens with one attached hydrogen (secondary N) is 2. The number of nitrogens with zero attached hydrogens (tertiary/aromatic N) is 2. The van der Waals surface area contributed by atoms with Gasteiger partial charge in [-0.15, -0.1) is 0 Å². The Hall–Kier alpha value is -2.51. The van der Waals surface area contributed by atoms with Crippen LogP contribution in [0.4, 0.5) is 25.4 Å². The highest BCUT2D eigenvalue weighted by Gasteiger charge is 2.24. The Morgan fingerprint density at radius 2 is 2.00 bits per heavy atom. The summed E-state index contributed by atoms with van der Waals surface area (Å²) in [5, 5.41) is 5.54. The highest BCUT2D eigenvalue weighted by atomic mass is 19.1. The maximum Gasteiger partial charge on any atom is 0.409 e. The third-order valence-corrected chi connectivity index (χ3v) is 4.72. The van der Waals surface area contributed by atoms with E-state index in [0.29, 0.717) is 43.9 Å². The van der Waals surface area contributed by atoms with Crippen LogP contribution in [-0.2, 0) is 4.74 Å². The fourth-order valence-electron chi connectivity index (χ4n) is 2.92. The van der Waals surface area contributed by atoms with Gasteiger partial charge in [-0.25, -0.2) is 14.0 Å². The van der Waals surface area contributed by atoms with Gasteiger partial charge < -0.3 is 25.2 Å². The molecule has 150 valence electrons. The summed E-state index contributed by atoms with van der Waals surface area (Å²) in [6.45, 7) is 7.15. The van der Waals surface area contributed by atoms with Crippen LogP contribution in [-0.4, -0.2) is 55.9 Å². The largest absolute Gasteiger partial charge is 0.450 e. The van der Waals surface area contributed by atoms with Gasteiger partial charge in [-0.1, -0.05) is 0 Å². The maximum atomic E-state index is 14.3. The van der Waals surface area contributed by atoms with E-state index in [1.807, 2.05) is 25.8 Å². The zero-order chi connectivity index (χ0) is 20.0. The molecule has 1 saturated heterocycles. The Labute approximate surface area is 159 Å². The minimum atomic E-state index is -0.383. The Morgan fingerprint density at radius 3 is 2.56 bits per heavy atom. The fraction of sp³-hybridized carbons (Fsp3) is 0.579. The van der Waals surface area contributed by atoms with Gasteiger partial charge in [0.05, 0.1) is 12.3 Å². The van der Waals surface area contributed by atoms with Crippen LogP contribution in [0.3, 0.4) is 0 Å². The molecule has 1 aliphatic rings. The van der Waals surface area contributed by atoms with Crippen LogP contribution >= 0.6 is 0 Å². The molecule has 0 saturated carbocycles. The van der Waals surface area contributed by atoms with Crippen molar-refractivity contribution in [2.24, 2.45) is 0 Å². The number of urea groups is 1. The van der Waals surface area contributed by atoms with Crippen LogP contribution in [0.2, 0.25) is 0 Å². The quantitative estimate of drug-likeness (QED) is 0.821. The minimum absolute atomic E-state index is 0.0353. The lowest BCUT2D eigenvalue weighted by Gasteiger charge is -2.31. The van der Waals surface area contributed by atoms with Crippen LogP contribution in [0.25, 0.3) is 0 Å². The molecule has 1 heterocycles. The molecule has 2 rings (SSSR count). The van der Waals surface area contributed by atoms with Crippen molar-refractivity contribution in [2.75, 3.05) is 37.0 Å². The Bertz CT molecular complexity index is 660. The molecule has 1 aromatic rings. The van der Waals surface area contributed by atoms with Crippen LogP contribution in [0, 0.1) is 5.82 Å². The Kier molecular flexibility index (Phi) is 7.27. The van der Waals surface area contributed by atoms with E-state index >= 15 is 0 Å². The summed E-state index contributed by atoms with van der Waals surface area (Å²) in [7, 11) is 1.82. The molecule has 0 atom stereocenters. The van der Waals surface area contributed by atoms with Gasteiger partial charge in [-0.05, 0) is 51.8 Å². The maximum absolute atomic E-state index is 14.3. The number of likely N-dealkylation sites (tertiary alicyclic amines) is 1. The molecule has 3 amide bonds. The monoisotopic (exact) mass is 380 g/mol. The molecule has 1 aliphatic heterocycles. The minimum Gasteiger partial charge on any atom is -0.450 e. The number of amides is 3. The molecule has 27 heavy (non-hydrogen) atoms. The second-order valence-corrected chi connectivity index (χ2v) is 6.93. The van der Waals surface area contributed by atoms with Crippen molar-refractivity contribution in [3.63, 3.8) is 0 Å². The lowest BCUT2D eigenvalue weighted by atomic mass is 10.1. The summed E-state index contributed by atoms with van der Waals surface area (Å²) >= 11 is 0. The predicted octanol–water partition coefficient (Wildman–Crippen LogP) is 3.41. The molecule has 0 spiro atoms. The number of hydrogen-bond acceptors (Lipinski definition) is 4. The van der Waals surface area contributed by atoms with Crippen LogP contribution in [0.1, 0.15) is 33.6 Å². The van der Waals surface area contributed by atoms with E-state index in [4.69, 9.17) is 4.74 Å². The van der Waals surface area contributed by atoms with Crippen molar-refractivity contribution in [3.05, 3.63) is 24.0 Å². The molecule has 1 fully saturated rings. The van der Waals surface area contributed by atoms with Gasteiger partial charge in [0.15, 0.2) is 0 Å². The summed E-state index contributed by atoms with van der Waals surface area (Å²) in [6.07, 6.45) is 0.986. The van der Waals surface area contributed by atoms with E-state index in [-0.39, 0.29) is 30.0 Å². The molecular formula is C19H29FN4O3. The molecule has 8 heteroatoms. The number of carbonyl (C=O) groups is 2. The molecule has 0 aromatic heterocycles. The van der Waals surface area contributed by atoms with Crippen LogP contribution in [0.5, 0.6) is 0 Å². The van der Waals surface area contributed by atoms with Crippen molar-refractivity contribution in [1.82, 2.24) is 10.2 Å². The molecule has 0 radical (unpaired) electrons. The Balaban J connectivity index is 1.84. The topological polar surface area (TPSA) is 73.9 Å². The third kappa shape index (κ3) is 5.74. The average molecular weight is 380 g/mol. The number of halogens is 1. The highest BCUT2D eigenvalue weighted by molar-refractivity contribution is 5.89. The summed E-state index contributed by atoms with van der Waals surface area (Å²) in [4.78, 5) is 27.3. The van der Waals surface area contributed by atoms with Crippen molar-refractivity contribution in [3.8, 4) is 0 Å². The molecular weight excluding hydrogens is 351 g/mol. The van der Waals surface area contributed by atoms with Crippen molar-refractivity contribution in [1.29, 1.82) is 0 Å². The smallest absolute Gasteiger partial charge is 0.409 e. The van der Waals surface area contributed by atoms with E-state index in [1.54, 1.807) is 24.0 Å². The van der Waals surface area contributed by atoms with Gasteiger partial charge in [0, 0.05) is 37.9 Å². The summed E-state index contributed by atoms with van der Waals surface area (Å²) < 4.78 is 19.3. The zero-order valence-corrected chi connectivity index (χ0v) is 16.4. The normalized spacial score (nSPS) is 14.8. The standard InChI is InChI=1S/C19H29FN4O3/c1-5-27-19(26)24-10-8-14(9-11-24)21-18(25)22-15-6-7-17(16(20)12-15)23(4)13(2)3/h6-7,12-14H,5,8-11H2,1-4H3,(H2,21,22,25). The van der Waals surface area contributed by atoms with Crippen LogP contribution < -0.4 is 15.5 Å². The number of ether oxygens (including phenoxy) is 1. The summed E-state index contributed by atoms with van der Waals surface area (Å²) in [5.41, 5.74) is 0.886. The fourth-order valence-corrected chi connectivity index (χ4v) is 2.92. The number of benzene rings is 1. The predicted molar refractivity (Wildman–Crippen MR) is 104 cm³/mol. The molecule has 2 N–H and O–H groups in total. The van der Waals surface area contributed by atoms with E-state index in [0.717, 1.165) is 0 Å². The summed E-state index contributed by atoms with van der Waals surface area (Å²) in [6, 6.07) is 4.41. The first-order valence-corrected chi connectivity index (χ1v) is 9.33. The molecule has 0 bridgehead atoms. The number of carbonyl (C=O) groups excluding carboxylic acids is 2. The second-order valence-electron chi connectivity index (χ2n) is 6.93. The molecule has 1 aromatic carbocycles. The van der Waals surface area contributed by atoms with Gasteiger partial charge >= 0.3 is 12.1 Å². The van der Waals surface area contributed by atoms with E-state index < -0.39 is 0 Å². The number of anilines is 2.